The first-order valence-electron chi connectivity index (χ1n) is 7.87. The summed E-state index contributed by atoms with van der Waals surface area (Å²) in [7, 11) is 3.30. The van der Waals surface area contributed by atoms with Crippen LogP contribution in [0.2, 0.25) is 0 Å². The van der Waals surface area contributed by atoms with Gasteiger partial charge in [0.1, 0.15) is 11.5 Å². The normalized spacial score (nSPS) is 19.4. The van der Waals surface area contributed by atoms with Gasteiger partial charge in [-0.2, -0.15) is 0 Å². The molecule has 0 aliphatic heterocycles. The smallest absolute Gasteiger partial charge is 0.127 e. The summed E-state index contributed by atoms with van der Waals surface area (Å²) in [4.78, 5) is 0. The highest BCUT2D eigenvalue weighted by Crippen LogP contribution is 2.37. The van der Waals surface area contributed by atoms with Crippen LogP contribution in [0, 0.1) is 0 Å². The molecular formula is C19H23NO3. The number of aryl methyl sites for hydroxylation is 1. The standard InChI is InChI=1S/C19H23NO3/c1-22-16-8-7-15(18(11-16)23-2)12-20-19(13-21)10-9-14-5-3-4-6-17(14)19/h3-8,11,20-21H,9-10,12-13H2,1-2H3. The molecular weight excluding hydrogens is 290 g/mol. The molecule has 1 aliphatic carbocycles. The molecule has 4 nitrogen and oxygen atoms in total. The van der Waals surface area contributed by atoms with Crippen molar-refractivity contribution in [3.8, 4) is 11.5 Å². The molecule has 1 atom stereocenters. The molecule has 0 bridgehead atoms. The van der Waals surface area contributed by atoms with E-state index in [2.05, 4.69) is 23.5 Å². The number of aliphatic hydroxyl groups excluding tert-OH is 1. The molecule has 0 heterocycles. The van der Waals surface area contributed by atoms with E-state index in [4.69, 9.17) is 9.47 Å². The predicted molar refractivity (Wildman–Crippen MR) is 89.9 cm³/mol. The first kappa shape index (κ1) is 15.8. The number of fused-ring (bicyclic) bond motifs is 1. The van der Waals surface area contributed by atoms with Gasteiger partial charge in [-0.05, 0) is 30.0 Å². The van der Waals surface area contributed by atoms with Crippen LogP contribution in [0.1, 0.15) is 23.1 Å². The maximum atomic E-state index is 10.0. The Kier molecular flexibility index (Phi) is 4.55. The van der Waals surface area contributed by atoms with Gasteiger partial charge in [0, 0.05) is 18.2 Å². The summed E-state index contributed by atoms with van der Waals surface area (Å²) in [6, 6.07) is 14.1. The van der Waals surface area contributed by atoms with Crippen LogP contribution in [0.4, 0.5) is 0 Å². The molecule has 1 unspecified atom stereocenters. The largest absolute Gasteiger partial charge is 0.497 e. The minimum atomic E-state index is -0.373. The van der Waals surface area contributed by atoms with E-state index in [0.717, 1.165) is 29.9 Å². The van der Waals surface area contributed by atoms with Gasteiger partial charge in [0.05, 0.1) is 26.4 Å². The molecule has 2 aromatic rings. The van der Waals surface area contributed by atoms with Crippen LogP contribution in [-0.2, 0) is 18.5 Å². The van der Waals surface area contributed by atoms with Gasteiger partial charge in [-0.1, -0.05) is 30.3 Å². The topological polar surface area (TPSA) is 50.7 Å². The summed E-state index contributed by atoms with van der Waals surface area (Å²) >= 11 is 0. The molecule has 0 aromatic heterocycles. The van der Waals surface area contributed by atoms with Crippen molar-refractivity contribution in [1.82, 2.24) is 5.32 Å². The lowest BCUT2D eigenvalue weighted by molar-refractivity contribution is 0.158. The van der Waals surface area contributed by atoms with E-state index < -0.39 is 0 Å². The molecule has 0 saturated heterocycles. The number of methoxy groups -OCH3 is 2. The maximum absolute atomic E-state index is 10.0. The van der Waals surface area contributed by atoms with Gasteiger partial charge >= 0.3 is 0 Å². The van der Waals surface area contributed by atoms with Crippen molar-refractivity contribution in [3.63, 3.8) is 0 Å². The highest BCUT2D eigenvalue weighted by Gasteiger charge is 2.37. The van der Waals surface area contributed by atoms with E-state index in [1.165, 1.54) is 11.1 Å². The van der Waals surface area contributed by atoms with E-state index >= 15 is 0 Å². The number of aliphatic hydroxyl groups is 1. The second-order valence-electron chi connectivity index (χ2n) is 5.93. The highest BCUT2D eigenvalue weighted by atomic mass is 16.5. The molecule has 0 spiro atoms. The SMILES string of the molecule is COc1ccc(CNC2(CO)CCc3ccccc32)c(OC)c1. The average Bonchev–Trinajstić information content (AvgIpc) is 2.99. The van der Waals surface area contributed by atoms with Crippen LogP contribution < -0.4 is 14.8 Å². The molecule has 0 fully saturated rings. The number of ether oxygens (including phenoxy) is 2. The fourth-order valence-electron chi connectivity index (χ4n) is 3.35. The minimum absolute atomic E-state index is 0.0858. The summed E-state index contributed by atoms with van der Waals surface area (Å²) < 4.78 is 10.7. The second-order valence-corrected chi connectivity index (χ2v) is 5.93. The molecule has 2 aromatic carbocycles. The number of nitrogens with one attached hydrogen (secondary N) is 1. The first-order chi connectivity index (χ1) is 11.2. The molecule has 0 amide bonds. The van der Waals surface area contributed by atoms with E-state index in [-0.39, 0.29) is 12.1 Å². The zero-order valence-electron chi connectivity index (χ0n) is 13.6. The van der Waals surface area contributed by atoms with Gasteiger partial charge in [0.2, 0.25) is 0 Å². The fourth-order valence-corrected chi connectivity index (χ4v) is 3.35. The van der Waals surface area contributed by atoms with Gasteiger partial charge in [-0.15, -0.1) is 0 Å². The van der Waals surface area contributed by atoms with E-state index in [9.17, 15) is 5.11 Å². The van der Waals surface area contributed by atoms with E-state index in [1.807, 2.05) is 24.3 Å². The van der Waals surface area contributed by atoms with Crippen LogP contribution in [0.15, 0.2) is 42.5 Å². The summed E-state index contributed by atoms with van der Waals surface area (Å²) in [5.74, 6) is 1.56. The van der Waals surface area contributed by atoms with Gasteiger partial charge in [0.25, 0.3) is 0 Å². The van der Waals surface area contributed by atoms with Gasteiger partial charge < -0.3 is 19.9 Å². The van der Waals surface area contributed by atoms with Crippen LogP contribution in [-0.4, -0.2) is 25.9 Å². The molecule has 1 aliphatic rings. The Hall–Kier alpha value is -2.04. The minimum Gasteiger partial charge on any atom is -0.497 e. The Morgan fingerprint density at radius 1 is 1.13 bits per heavy atom. The molecule has 3 rings (SSSR count). The van der Waals surface area contributed by atoms with Crippen molar-refractivity contribution in [1.29, 1.82) is 0 Å². The van der Waals surface area contributed by atoms with Gasteiger partial charge in [-0.3, -0.25) is 0 Å². The first-order valence-corrected chi connectivity index (χ1v) is 7.87. The number of hydrogen-bond acceptors (Lipinski definition) is 4. The third-order valence-corrected chi connectivity index (χ3v) is 4.74. The van der Waals surface area contributed by atoms with Crippen LogP contribution in [0.3, 0.4) is 0 Å². The lowest BCUT2D eigenvalue weighted by Crippen LogP contribution is -2.43. The number of hydrogen-bond donors (Lipinski definition) is 2. The van der Waals surface area contributed by atoms with Crippen molar-refractivity contribution in [2.75, 3.05) is 20.8 Å². The molecule has 0 radical (unpaired) electrons. The Morgan fingerprint density at radius 2 is 1.96 bits per heavy atom. The zero-order chi connectivity index (χ0) is 16.3. The molecule has 0 saturated carbocycles. The Morgan fingerprint density at radius 3 is 2.70 bits per heavy atom. The lowest BCUT2D eigenvalue weighted by Gasteiger charge is -2.30. The number of benzene rings is 2. The molecule has 4 heteroatoms. The third-order valence-electron chi connectivity index (χ3n) is 4.74. The van der Waals surface area contributed by atoms with E-state index in [0.29, 0.717) is 6.54 Å². The predicted octanol–water partition coefficient (Wildman–Crippen LogP) is 2.63. The van der Waals surface area contributed by atoms with Crippen LogP contribution in [0.5, 0.6) is 11.5 Å². The van der Waals surface area contributed by atoms with Gasteiger partial charge in [0.15, 0.2) is 0 Å². The van der Waals surface area contributed by atoms with Crippen molar-refractivity contribution in [3.05, 3.63) is 59.2 Å². The maximum Gasteiger partial charge on any atom is 0.127 e. The van der Waals surface area contributed by atoms with Crippen molar-refractivity contribution in [2.45, 2.75) is 24.9 Å². The quantitative estimate of drug-likeness (QED) is 0.861. The number of rotatable bonds is 6. The summed E-state index contributed by atoms with van der Waals surface area (Å²) in [5, 5.41) is 13.6. The zero-order valence-corrected chi connectivity index (χ0v) is 13.6. The molecule has 2 N–H and O–H groups in total. The molecule has 23 heavy (non-hydrogen) atoms. The Bertz CT molecular complexity index is 686. The fraction of sp³-hybridized carbons (Fsp3) is 0.368. The lowest BCUT2D eigenvalue weighted by atomic mass is 9.92. The van der Waals surface area contributed by atoms with Crippen LogP contribution >= 0.6 is 0 Å². The molecule has 122 valence electrons. The average molecular weight is 313 g/mol. The van der Waals surface area contributed by atoms with Crippen LogP contribution in [0.25, 0.3) is 0 Å². The Balaban J connectivity index is 1.82. The Labute approximate surface area is 137 Å². The van der Waals surface area contributed by atoms with E-state index in [1.54, 1.807) is 14.2 Å². The second kappa shape index (κ2) is 6.60. The monoisotopic (exact) mass is 313 g/mol. The summed E-state index contributed by atoms with van der Waals surface area (Å²) in [5.41, 5.74) is 3.19. The van der Waals surface area contributed by atoms with Crippen molar-refractivity contribution >= 4 is 0 Å². The summed E-state index contributed by atoms with van der Waals surface area (Å²) in [6.07, 6.45) is 1.89. The van der Waals surface area contributed by atoms with Gasteiger partial charge in [-0.25, -0.2) is 0 Å². The summed E-state index contributed by atoms with van der Waals surface area (Å²) in [6.45, 7) is 0.713. The highest BCUT2D eigenvalue weighted by molar-refractivity contribution is 5.42. The van der Waals surface area contributed by atoms with Crippen molar-refractivity contribution in [2.24, 2.45) is 0 Å². The van der Waals surface area contributed by atoms with Crippen molar-refractivity contribution < 1.29 is 14.6 Å². The third kappa shape index (κ3) is 2.92.